The van der Waals surface area contributed by atoms with Crippen LogP contribution in [0.15, 0.2) is 45.3 Å². The van der Waals surface area contributed by atoms with Gasteiger partial charge in [0, 0.05) is 10.2 Å². The van der Waals surface area contributed by atoms with Crippen LogP contribution in [0.1, 0.15) is 11.1 Å². The van der Waals surface area contributed by atoms with Crippen LogP contribution < -0.4 is 10.1 Å². The minimum Gasteiger partial charge on any atom is -0.482 e. The number of nitrogens with zero attached hydrogens (tertiary/aromatic N) is 1. The maximum atomic E-state index is 11.9. The van der Waals surface area contributed by atoms with Gasteiger partial charge in [0.2, 0.25) is 0 Å². The Hall–Kier alpha value is -1.84. The molecule has 1 N–H and O–H groups in total. The van der Waals surface area contributed by atoms with Gasteiger partial charge in [0.15, 0.2) is 6.61 Å². The number of aryl methyl sites for hydroxylation is 1. The number of hydrogen-bond donors (Lipinski definition) is 1. The van der Waals surface area contributed by atoms with Crippen molar-refractivity contribution in [1.29, 1.82) is 5.26 Å². The third kappa shape index (κ3) is 4.33. The van der Waals surface area contributed by atoms with E-state index in [-0.39, 0.29) is 12.5 Å². The van der Waals surface area contributed by atoms with Crippen molar-refractivity contribution < 1.29 is 9.53 Å². The Bertz CT molecular complexity index is 714. The molecule has 0 saturated carbocycles. The Morgan fingerprint density at radius 2 is 1.95 bits per heavy atom. The third-order valence-corrected chi connectivity index (χ3v) is 3.89. The van der Waals surface area contributed by atoms with E-state index in [2.05, 4.69) is 37.2 Å². The van der Waals surface area contributed by atoms with Gasteiger partial charge in [-0.05, 0) is 64.8 Å². The first-order valence-electron chi connectivity index (χ1n) is 6.38. The quantitative estimate of drug-likeness (QED) is 0.792. The topological polar surface area (TPSA) is 62.1 Å². The summed E-state index contributed by atoms with van der Waals surface area (Å²) in [5.41, 5.74) is 2.09. The number of nitriles is 1. The van der Waals surface area contributed by atoms with Gasteiger partial charge in [-0.3, -0.25) is 4.79 Å². The average molecular weight is 424 g/mol. The van der Waals surface area contributed by atoms with Crippen molar-refractivity contribution in [3.63, 3.8) is 0 Å². The number of nitrogens with one attached hydrogen (secondary N) is 1. The number of carbonyl (C=O) groups is 1. The van der Waals surface area contributed by atoms with E-state index in [1.54, 1.807) is 24.3 Å². The van der Waals surface area contributed by atoms with Crippen molar-refractivity contribution >= 4 is 43.5 Å². The third-order valence-electron chi connectivity index (χ3n) is 2.84. The minimum atomic E-state index is -0.265. The van der Waals surface area contributed by atoms with Crippen molar-refractivity contribution in [2.45, 2.75) is 6.92 Å². The van der Waals surface area contributed by atoms with Crippen LogP contribution in [0, 0.1) is 18.3 Å². The summed E-state index contributed by atoms with van der Waals surface area (Å²) in [7, 11) is 0. The zero-order valence-corrected chi connectivity index (χ0v) is 14.9. The number of carbonyl (C=O) groups excluding carboxylic acids is 1. The van der Waals surface area contributed by atoms with Crippen LogP contribution in [0.3, 0.4) is 0 Å². The number of halogens is 2. The molecule has 0 heterocycles. The molecule has 112 valence electrons. The van der Waals surface area contributed by atoms with E-state index in [1.807, 2.05) is 25.1 Å². The molecule has 0 aliphatic rings. The van der Waals surface area contributed by atoms with Gasteiger partial charge < -0.3 is 10.1 Å². The van der Waals surface area contributed by atoms with E-state index < -0.39 is 0 Å². The fraction of sp³-hybridized carbons (Fsp3) is 0.125. The van der Waals surface area contributed by atoms with Gasteiger partial charge in [-0.15, -0.1) is 0 Å². The first-order chi connectivity index (χ1) is 10.5. The lowest BCUT2D eigenvalue weighted by Crippen LogP contribution is -2.20. The van der Waals surface area contributed by atoms with Crippen LogP contribution in [-0.2, 0) is 4.79 Å². The minimum absolute atomic E-state index is 0.0962. The van der Waals surface area contributed by atoms with Crippen molar-refractivity contribution in [2.24, 2.45) is 0 Å². The van der Waals surface area contributed by atoms with E-state index in [0.29, 0.717) is 17.0 Å². The van der Waals surface area contributed by atoms with Crippen molar-refractivity contribution in [3.8, 4) is 11.8 Å². The number of ether oxygens (including phenoxy) is 1. The summed E-state index contributed by atoms with van der Waals surface area (Å²) in [6.07, 6.45) is 0. The molecule has 4 nitrogen and oxygen atoms in total. The van der Waals surface area contributed by atoms with E-state index in [1.165, 1.54) is 0 Å². The molecular formula is C16H12Br2N2O2. The predicted octanol–water partition coefficient (Wildman–Crippen LogP) is 4.41. The highest BCUT2D eigenvalue weighted by molar-refractivity contribution is 9.11. The Kier molecular flexibility index (Phi) is 5.58. The van der Waals surface area contributed by atoms with Crippen LogP contribution >= 0.6 is 31.9 Å². The molecule has 6 heteroatoms. The SMILES string of the molecule is Cc1cc(Br)cc(Br)c1OCC(=O)Nc1ccc(C#N)cc1. The van der Waals surface area contributed by atoms with E-state index >= 15 is 0 Å². The van der Waals surface area contributed by atoms with Crippen molar-refractivity contribution in [1.82, 2.24) is 0 Å². The van der Waals surface area contributed by atoms with Gasteiger partial charge in [0.05, 0.1) is 16.1 Å². The summed E-state index contributed by atoms with van der Waals surface area (Å²) in [4.78, 5) is 11.9. The van der Waals surface area contributed by atoms with Gasteiger partial charge in [-0.1, -0.05) is 15.9 Å². The molecule has 0 fully saturated rings. The predicted molar refractivity (Wildman–Crippen MR) is 91.9 cm³/mol. The van der Waals surface area contributed by atoms with Gasteiger partial charge in [0.1, 0.15) is 5.75 Å². The molecular weight excluding hydrogens is 412 g/mol. The Morgan fingerprint density at radius 3 is 2.55 bits per heavy atom. The molecule has 22 heavy (non-hydrogen) atoms. The second-order valence-corrected chi connectivity index (χ2v) is 6.33. The molecule has 0 aliphatic heterocycles. The lowest BCUT2D eigenvalue weighted by atomic mass is 10.2. The van der Waals surface area contributed by atoms with Crippen LogP contribution in [0.4, 0.5) is 5.69 Å². The zero-order chi connectivity index (χ0) is 16.1. The molecule has 2 aromatic rings. The zero-order valence-electron chi connectivity index (χ0n) is 11.7. The summed E-state index contributed by atoms with van der Waals surface area (Å²) in [6.45, 7) is 1.81. The molecule has 0 saturated heterocycles. The highest BCUT2D eigenvalue weighted by Crippen LogP contribution is 2.32. The fourth-order valence-electron chi connectivity index (χ4n) is 1.83. The molecule has 0 aliphatic carbocycles. The lowest BCUT2D eigenvalue weighted by Gasteiger charge is -2.12. The second kappa shape index (κ2) is 7.43. The monoisotopic (exact) mass is 422 g/mol. The summed E-state index contributed by atoms with van der Waals surface area (Å²) in [5, 5.41) is 11.4. The summed E-state index contributed by atoms with van der Waals surface area (Å²) in [5.74, 6) is 0.372. The number of benzene rings is 2. The molecule has 2 rings (SSSR count). The van der Waals surface area contributed by atoms with Crippen LogP contribution in [0.25, 0.3) is 0 Å². The number of amides is 1. The van der Waals surface area contributed by atoms with E-state index in [9.17, 15) is 4.79 Å². The van der Waals surface area contributed by atoms with Gasteiger partial charge in [-0.25, -0.2) is 0 Å². The average Bonchev–Trinajstić information content (AvgIpc) is 2.47. The molecule has 1 amide bonds. The molecule has 0 atom stereocenters. The summed E-state index contributed by atoms with van der Waals surface area (Å²) < 4.78 is 7.29. The molecule has 2 aromatic carbocycles. The number of anilines is 1. The standard InChI is InChI=1S/C16H12Br2N2O2/c1-10-6-12(17)7-14(18)16(10)22-9-15(21)20-13-4-2-11(8-19)3-5-13/h2-7H,9H2,1H3,(H,20,21). The Morgan fingerprint density at radius 1 is 1.27 bits per heavy atom. The summed E-state index contributed by atoms with van der Waals surface area (Å²) >= 11 is 6.81. The van der Waals surface area contributed by atoms with Crippen molar-refractivity contribution in [2.75, 3.05) is 11.9 Å². The smallest absolute Gasteiger partial charge is 0.262 e. The lowest BCUT2D eigenvalue weighted by molar-refractivity contribution is -0.118. The summed E-state index contributed by atoms with van der Waals surface area (Å²) in [6, 6.07) is 12.4. The molecule has 0 radical (unpaired) electrons. The highest BCUT2D eigenvalue weighted by Gasteiger charge is 2.10. The molecule has 0 spiro atoms. The number of hydrogen-bond acceptors (Lipinski definition) is 3. The van der Waals surface area contributed by atoms with Crippen molar-refractivity contribution in [3.05, 3.63) is 56.5 Å². The number of rotatable bonds is 4. The van der Waals surface area contributed by atoms with Gasteiger partial charge >= 0.3 is 0 Å². The first kappa shape index (κ1) is 16.5. The van der Waals surface area contributed by atoms with E-state index in [4.69, 9.17) is 10.00 Å². The Labute approximate surface area is 145 Å². The van der Waals surface area contributed by atoms with Crippen LogP contribution in [0.2, 0.25) is 0 Å². The second-order valence-electron chi connectivity index (χ2n) is 4.56. The Balaban J connectivity index is 1.97. The highest BCUT2D eigenvalue weighted by atomic mass is 79.9. The van der Waals surface area contributed by atoms with E-state index in [0.717, 1.165) is 14.5 Å². The largest absolute Gasteiger partial charge is 0.482 e. The van der Waals surface area contributed by atoms with Gasteiger partial charge in [-0.2, -0.15) is 5.26 Å². The normalized spacial score (nSPS) is 9.91. The molecule has 0 aromatic heterocycles. The van der Waals surface area contributed by atoms with Gasteiger partial charge in [0.25, 0.3) is 5.91 Å². The fourth-order valence-corrected chi connectivity index (χ4v) is 3.39. The molecule has 0 bridgehead atoms. The maximum Gasteiger partial charge on any atom is 0.262 e. The van der Waals surface area contributed by atoms with Crippen LogP contribution in [-0.4, -0.2) is 12.5 Å². The first-order valence-corrected chi connectivity index (χ1v) is 7.96. The molecule has 0 unspecified atom stereocenters. The maximum absolute atomic E-state index is 11.9. The van der Waals surface area contributed by atoms with Crippen LogP contribution in [0.5, 0.6) is 5.75 Å².